The maximum Gasteiger partial charge on any atom is 0.231 e. The van der Waals surface area contributed by atoms with E-state index in [1.54, 1.807) is 12.1 Å². The van der Waals surface area contributed by atoms with Crippen molar-refractivity contribution in [2.75, 3.05) is 19.9 Å². The summed E-state index contributed by atoms with van der Waals surface area (Å²) in [5.74, 6) is -0.735. The molecule has 0 bridgehead atoms. The molecule has 1 amide bonds. The van der Waals surface area contributed by atoms with Gasteiger partial charge in [0.25, 0.3) is 0 Å². The summed E-state index contributed by atoms with van der Waals surface area (Å²) in [4.78, 5) is 15.2. The van der Waals surface area contributed by atoms with Gasteiger partial charge in [0.1, 0.15) is 17.5 Å². The maximum absolute atomic E-state index is 14.3. The number of ether oxygens (including phenoxy) is 2. The standard InChI is InChI=1S/C27H25F3N2O3/c28-22-5-2-18(3-6-22)20-10-21(15-32(14-20)13-19-4-7-23(29)11-24(19)30)27(33)31-12-17-1-8-25-26(9-17)35-16-34-25/h1-9,11,20-21H,10,12-16H2,(H,31,33). The summed E-state index contributed by atoms with van der Waals surface area (Å²) in [6.07, 6.45) is 0.584. The normalized spacial score (nSPS) is 19.5. The van der Waals surface area contributed by atoms with Crippen molar-refractivity contribution in [3.8, 4) is 11.5 Å². The van der Waals surface area contributed by atoms with Crippen LogP contribution in [0.15, 0.2) is 60.7 Å². The number of fused-ring (bicyclic) bond motifs is 1. The summed E-state index contributed by atoms with van der Waals surface area (Å²) in [6, 6.07) is 15.3. The molecule has 2 aliphatic rings. The number of halogens is 3. The molecule has 182 valence electrons. The van der Waals surface area contributed by atoms with E-state index in [2.05, 4.69) is 5.32 Å². The minimum Gasteiger partial charge on any atom is -0.454 e. The Hall–Kier alpha value is -3.52. The summed E-state index contributed by atoms with van der Waals surface area (Å²) < 4.78 is 51.9. The monoisotopic (exact) mass is 482 g/mol. The first kappa shape index (κ1) is 23.2. The number of rotatable bonds is 6. The lowest BCUT2D eigenvalue weighted by Gasteiger charge is -2.37. The van der Waals surface area contributed by atoms with E-state index in [0.29, 0.717) is 43.1 Å². The van der Waals surface area contributed by atoms with E-state index >= 15 is 0 Å². The second-order valence-electron chi connectivity index (χ2n) is 9.02. The van der Waals surface area contributed by atoms with E-state index in [-0.39, 0.29) is 36.9 Å². The van der Waals surface area contributed by atoms with Crippen molar-refractivity contribution in [1.29, 1.82) is 0 Å². The number of likely N-dealkylation sites (tertiary alicyclic amines) is 1. The molecule has 2 heterocycles. The smallest absolute Gasteiger partial charge is 0.231 e. The van der Waals surface area contributed by atoms with Gasteiger partial charge in [-0.25, -0.2) is 13.2 Å². The second-order valence-corrected chi connectivity index (χ2v) is 9.02. The van der Waals surface area contributed by atoms with E-state index in [1.807, 2.05) is 23.1 Å². The maximum atomic E-state index is 14.3. The van der Waals surface area contributed by atoms with E-state index in [1.165, 1.54) is 24.3 Å². The van der Waals surface area contributed by atoms with Crippen LogP contribution in [-0.2, 0) is 17.9 Å². The van der Waals surface area contributed by atoms with Crippen molar-refractivity contribution in [2.45, 2.75) is 25.4 Å². The quantitative estimate of drug-likeness (QED) is 0.551. The predicted molar refractivity (Wildman–Crippen MR) is 123 cm³/mol. The Balaban J connectivity index is 1.30. The van der Waals surface area contributed by atoms with E-state index < -0.39 is 11.6 Å². The van der Waals surface area contributed by atoms with Crippen LogP contribution in [0, 0.1) is 23.4 Å². The minimum absolute atomic E-state index is 0.0332. The van der Waals surface area contributed by atoms with Gasteiger partial charge in [0, 0.05) is 37.8 Å². The van der Waals surface area contributed by atoms with Crippen LogP contribution in [0.25, 0.3) is 0 Å². The van der Waals surface area contributed by atoms with Gasteiger partial charge in [0.05, 0.1) is 5.92 Å². The Morgan fingerprint density at radius 2 is 1.69 bits per heavy atom. The van der Waals surface area contributed by atoms with Crippen LogP contribution in [0.1, 0.15) is 29.0 Å². The molecule has 0 aliphatic carbocycles. The topological polar surface area (TPSA) is 50.8 Å². The van der Waals surface area contributed by atoms with Gasteiger partial charge in [-0.2, -0.15) is 0 Å². The first-order valence-electron chi connectivity index (χ1n) is 11.5. The number of nitrogens with one attached hydrogen (secondary N) is 1. The zero-order valence-corrected chi connectivity index (χ0v) is 19.0. The molecule has 1 saturated heterocycles. The van der Waals surface area contributed by atoms with Crippen molar-refractivity contribution >= 4 is 5.91 Å². The lowest BCUT2D eigenvalue weighted by molar-refractivity contribution is -0.127. The highest BCUT2D eigenvalue weighted by Gasteiger charge is 2.33. The van der Waals surface area contributed by atoms with Gasteiger partial charge in [-0.1, -0.05) is 24.3 Å². The van der Waals surface area contributed by atoms with Gasteiger partial charge in [-0.3, -0.25) is 9.69 Å². The number of nitrogens with zero attached hydrogens (tertiary/aromatic N) is 1. The van der Waals surface area contributed by atoms with Crippen LogP contribution in [0.5, 0.6) is 11.5 Å². The zero-order chi connectivity index (χ0) is 24.4. The summed E-state index contributed by atoms with van der Waals surface area (Å²) in [7, 11) is 0. The minimum atomic E-state index is -0.630. The number of hydrogen-bond acceptors (Lipinski definition) is 4. The van der Waals surface area contributed by atoms with Gasteiger partial charge >= 0.3 is 0 Å². The first-order valence-corrected chi connectivity index (χ1v) is 11.5. The summed E-state index contributed by atoms with van der Waals surface area (Å²) in [6.45, 7) is 1.77. The molecule has 35 heavy (non-hydrogen) atoms. The fraction of sp³-hybridized carbons (Fsp3) is 0.296. The molecule has 2 unspecified atom stereocenters. The molecule has 8 heteroatoms. The molecular weight excluding hydrogens is 457 g/mol. The molecule has 2 aliphatic heterocycles. The molecule has 3 aromatic carbocycles. The van der Waals surface area contributed by atoms with Crippen LogP contribution < -0.4 is 14.8 Å². The first-order chi connectivity index (χ1) is 16.9. The largest absolute Gasteiger partial charge is 0.454 e. The second kappa shape index (κ2) is 10.00. The van der Waals surface area contributed by atoms with Crippen LogP contribution in [0.2, 0.25) is 0 Å². The summed E-state index contributed by atoms with van der Waals surface area (Å²) >= 11 is 0. The van der Waals surface area contributed by atoms with Crippen LogP contribution in [-0.4, -0.2) is 30.7 Å². The third-order valence-electron chi connectivity index (χ3n) is 6.55. The van der Waals surface area contributed by atoms with Crippen molar-refractivity contribution in [1.82, 2.24) is 10.2 Å². The third kappa shape index (κ3) is 5.43. The van der Waals surface area contributed by atoms with Crippen molar-refractivity contribution in [3.63, 3.8) is 0 Å². The van der Waals surface area contributed by atoms with Crippen molar-refractivity contribution < 1.29 is 27.4 Å². The Morgan fingerprint density at radius 1 is 0.914 bits per heavy atom. The molecular formula is C27H25F3N2O3. The Morgan fingerprint density at radius 3 is 2.49 bits per heavy atom. The number of hydrogen-bond donors (Lipinski definition) is 1. The Kier molecular flexibility index (Phi) is 6.63. The molecule has 5 rings (SSSR count). The van der Waals surface area contributed by atoms with Gasteiger partial charge < -0.3 is 14.8 Å². The van der Waals surface area contributed by atoms with E-state index in [4.69, 9.17) is 9.47 Å². The number of amides is 1. The van der Waals surface area contributed by atoms with Gasteiger partial charge in [0.2, 0.25) is 12.7 Å². The van der Waals surface area contributed by atoms with Crippen LogP contribution in [0.3, 0.4) is 0 Å². The number of carbonyl (C=O) groups excluding carboxylic acids is 1. The third-order valence-corrected chi connectivity index (χ3v) is 6.55. The summed E-state index contributed by atoms with van der Waals surface area (Å²) in [5, 5.41) is 3.00. The van der Waals surface area contributed by atoms with Crippen molar-refractivity contribution in [2.24, 2.45) is 5.92 Å². The fourth-order valence-corrected chi connectivity index (χ4v) is 4.76. The lowest BCUT2D eigenvalue weighted by Crippen LogP contribution is -2.45. The van der Waals surface area contributed by atoms with Crippen molar-refractivity contribution in [3.05, 3.63) is 94.8 Å². The molecule has 3 aromatic rings. The molecule has 0 radical (unpaired) electrons. The number of benzene rings is 3. The average molecular weight is 483 g/mol. The number of carbonyl (C=O) groups is 1. The Labute approximate surface area is 201 Å². The lowest BCUT2D eigenvalue weighted by atomic mass is 9.83. The SMILES string of the molecule is O=C(NCc1ccc2c(c1)OCO2)C1CC(c2ccc(F)cc2)CN(Cc2ccc(F)cc2F)C1. The molecule has 0 saturated carbocycles. The van der Waals surface area contributed by atoms with Crippen LogP contribution in [0.4, 0.5) is 13.2 Å². The van der Waals surface area contributed by atoms with E-state index in [9.17, 15) is 18.0 Å². The van der Waals surface area contributed by atoms with Gasteiger partial charge in [-0.05, 0) is 53.8 Å². The highest BCUT2D eigenvalue weighted by molar-refractivity contribution is 5.79. The highest BCUT2D eigenvalue weighted by atomic mass is 19.1. The van der Waals surface area contributed by atoms with Gasteiger partial charge in [-0.15, -0.1) is 0 Å². The Bertz CT molecular complexity index is 1220. The van der Waals surface area contributed by atoms with E-state index in [0.717, 1.165) is 17.2 Å². The molecule has 1 N–H and O–H groups in total. The molecule has 0 spiro atoms. The molecule has 5 nitrogen and oxygen atoms in total. The summed E-state index contributed by atoms with van der Waals surface area (Å²) in [5.41, 5.74) is 2.17. The highest BCUT2D eigenvalue weighted by Crippen LogP contribution is 2.33. The van der Waals surface area contributed by atoms with Crippen LogP contribution >= 0.6 is 0 Å². The van der Waals surface area contributed by atoms with Gasteiger partial charge in [0.15, 0.2) is 11.5 Å². The average Bonchev–Trinajstić information content (AvgIpc) is 3.32. The molecule has 0 aromatic heterocycles. The fourth-order valence-electron chi connectivity index (χ4n) is 4.76. The zero-order valence-electron chi connectivity index (χ0n) is 19.0. The number of piperidine rings is 1. The molecule has 2 atom stereocenters. The molecule has 1 fully saturated rings. The predicted octanol–water partition coefficient (Wildman–Crippen LogP) is 4.75.